The number of nitrogens with two attached hydrogens (primary N) is 1. The number of aromatic nitrogens is 2. The van der Waals surface area contributed by atoms with Crippen LogP contribution in [-0.2, 0) is 11.2 Å². The Morgan fingerprint density at radius 2 is 2.44 bits per heavy atom. The van der Waals surface area contributed by atoms with Gasteiger partial charge in [-0.1, -0.05) is 0 Å². The molecule has 7 heteroatoms. The van der Waals surface area contributed by atoms with Crippen LogP contribution in [0, 0.1) is 6.92 Å². The zero-order chi connectivity index (χ0) is 11.5. The first-order valence-electron chi connectivity index (χ1n) is 4.55. The van der Waals surface area contributed by atoms with Gasteiger partial charge in [-0.3, -0.25) is 10.1 Å². The Labute approximate surface area is 95.5 Å². The molecule has 6 nitrogen and oxygen atoms in total. The van der Waals surface area contributed by atoms with Gasteiger partial charge in [0.15, 0.2) is 5.13 Å². The van der Waals surface area contributed by atoms with E-state index in [1.165, 1.54) is 17.6 Å². The number of carbonyl (C=O) groups is 1. The van der Waals surface area contributed by atoms with Crippen molar-refractivity contribution in [3.63, 3.8) is 0 Å². The van der Waals surface area contributed by atoms with Gasteiger partial charge in [0, 0.05) is 5.38 Å². The Morgan fingerprint density at radius 3 is 3.00 bits per heavy atom. The summed E-state index contributed by atoms with van der Waals surface area (Å²) in [5, 5.41) is 4.73. The first-order chi connectivity index (χ1) is 7.63. The molecule has 0 radical (unpaired) electrons. The summed E-state index contributed by atoms with van der Waals surface area (Å²) in [7, 11) is 0. The first kappa shape index (κ1) is 10.6. The summed E-state index contributed by atoms with van der Waals surface area (Å²) in [6.07, 6.45) is 1.63. The molecule has 0 unspecified atom stereocenters. The van der Waals surface area contributed by atoms with Gasteiger partial charge in [0.2, 0.25) is 5.91 Å². The molecule has 84 valence electrons. The van der Waals surface area contributed by atoms with Crippen LogP contribution < -0.4 is 11.1 Å². The summed E-state index contributed by atoms with van der Waals surface area (Å²) >= 11 is 1.30. The zero-order valence-corrected chi connectivity index (χ0v) is 9.37. The van der Waals surface area contributed by atoms with Crippen molar-refractivity contribution in [2.24, 2.45) is 0 Å². The number of rotatable bonds is 3. The van der Waals surface area contributed by atoms with Crippen LogP contribution in [-0.4, -0.2) is 15.9 Å². The van der Waals surface area contributed by atoms with E-state index < -0.39 is 0 Å². The van der Waals surface area contributed by atoms with Gasteiger partial charge in [-0.2, -0.15) is 4.98 Å². The molecule has 0 aromatic carbocycles. The second-order valence-electron chi connectivity index (χ2n) is 3.20. The average molecular weight is 238 g/mol. The molecule has 0 fully saturated rings. The van der Waals surface area contributed by atoms with E-state index in [0.29, 0.717) is 16.5 Å². The maximum atomic E-state index is 11.5. The van der Waals surface area contributed by atoms with Crippen LogP contribution in [0.25, 0.3) is 0 Å². The fourth-order valence-electron chi connectivity index (χ4n) is 1.14. The van der Waals surface area contributed by atoms with E-state index in [1.807, 2.05) is 0 Å². The van der Waals surface area contributed by atoms with Crippen LogP contribution in [0.4, 0.5) is 11.1 Å². The highest BCUT2D eigenvalue weighted by Gasteiger charge is 2.09. The minimum Gasteiger partial charge on any atom is -0.432 e. The molecule has 0 aliphatic rings. The number of carbonyl (C=O) groups excluding carboxylic acids is 1. The van der Waals surface area contributed by atoms with E-state index >= 15 is 0 Å². The maximum absolute atomic E-state index is 11.5. The molecular weight excluding hydrogens is 228 g/mol. The van der Waals surface area contributed by atoms with Crippen molar-refractivity contribution in [2.45, 2.75) is 13.3 Å². The van der Waals surface area contributed by atoms with Crippen LogP contribution in [0.15, 0.2) is 16.1 Å². The molecule has 16 heavy (non-hydrogen) atoms. The normalized spacial score (nSPS) is 10.3. The van der Waals surface area contributed by atoms with Gasteiger partial charge in [0.25, 0.3) is 0 Å². The van der Waals surface area contributed by atoms with E-state index in [-0.39, 0.29) is 18.3 Å². The lowest BCUT2D eigenvalue weighted by Crippen LogP contribution is -2.14. The van der Waals surface area contributed by atoms with Gasteiger partial charge < -0.3 is 10.2 Å². The first-order valence-corrected chi connectivity index (χ1v) is 5.43. The Hall–Kier alpha value is -1.89. The third kappa shape index (κ3) is 2.57. The Bertz CT molecular complexity index is 461. The molecule has 2 rings (SSSR count). The van der Waals surface area contributed by atoms with Crippen LogP contribution >= 0.6 is 11.3 Å². The van der Waals surface area contributed by atoms with Gasteiger partial charge in [0.05, 0.1) is 17.8 Å². The molecule has 0 atom stereocenters. The van der Waals surface area contributed by atoms with Crippen LogP contribution in [0.5, 0.6) is 0 Å². The van der Waals surface area contributed by atoms with Crippen molar-refractivity contribution in [3.05, 3.63) is 23.0 Å². The molecule has 2 aromatic rings. The van der Waals surface area contributed by atoms with Crippen molar-refractivity contribution in [2.75, 3.05) is 11.1 Å². The molecule has 0 saturated carbocycles. The van der Waals surface area contributed by atoms with Crippen LogP contribution in [0.3, 0.4) is 0 Å². The molecular formula is C9H10N4O2S. The highest BCUT2D eigenvalue weighted by atomic mass is 32.1. The molecule has 0 saturated heterocycles. The van der Waals surface area contributed by atoms with E-state index in [2.05, 4.69) is 15.3 Å². The SMILES string of the molecule is Cc1coc(NC(=O)Cc2csc(N)n2)n1. The summed E-state index contributed by atoms with van der Waals surface area (Å²) < 4.78 is 4.99. The summed E-state index contributed by atoms with van der Waals surface area (Å²) in [5.41, 5.74) is 6.81. The number of oxazole rings is 1. The fraction of sp³-hybridized carbons (Fsp3) is 0.222. The van der Waals surface area contributed by atoms with Gasteiger partial charge in [-0.05, 0) is 6.92 Å². The lowest BCUT2D eigenvalue weighted by molar-refractivity contribution is -0.115. The molecule has 3 N–H and O–H groups in total. The van der Waals surface area contributed by atoms with Crippen LogP contribution in [0.2, 0.25) is 0 Å². The third-order valence-electron chi connectivity index (χ3n) is 1.78. The lowest BCUT2D eigenvalue weighted by atomic mass is 10.3. The quantitative estimate of drug-likeness (QED) is 0.838. The van der Waals surface area contributed by atoms with E-state index in [1.54, 1.807) is 12.3 Å². The maximum Gasteiger partial charge on any atom is 0.301 e. The summed E-state index contributed by atoms with van der Waals surface area (Å²) in [6.45, 7) is 1.78. The number of thiazole rings is 1. The van der Waals surface area contributed by atoms with Crippen molar-refractivity contribution in [3.8, 4) is 0 Å². The Balaban J connectivity index is 1.94. The minimum absolute atomic E-state index is 0.162. The molecule has 0 bridgehead atoms. The van der Waals surface area contributed by atoms with Crippen LogP contribution in [0.1, 0.15) is 11.4 Å². The monoisotopic (exact) mass is 238 g/mol. The highest BCUT2D eigenvalue weighted by molar-refractivity contribution is 7.13. The number of amides is 1. The summed E-state index contributed by atoms with van der Waals surface area (Å²) in [4.78, 5) is 19.5. The second kappa shape index (κ2) is 4.31. The standard InChI is InChI=1S/C9H10N4O2S/c1-5-3-15-9(11-5)13-7(14)2-6-4-16-8(10)12-6/h3-4H,2H2,1H3,(H2,10,12)(H,11,13,14). The average Bonchev–Trinajstić information content (AvgIpc) is 2.76. The van der Waals surface area contributed by atoms with Crippen molar-refractivity contribution in [1.82, 2.24) is 9.97 Å². The highest BCUT2D eigenvalue weighted by Crippen LogP contribution is 2.12. The number of nitrogens with one attached hydrogen (secondary N) is 1. The number of nitrogen functional groups attached to an aromatic ring is 1. The largest absolute Gasteiger partial charge is 0.432 e. The summed E-state index contributed by atoms with van der Waals surface area (Å²) in [5.74, 6) is -0.229. The molecule has 1 amide bonds. The lowest BCUT2D eigenvalue weighted by Gasteiger charge is -1.97. The number of nitrogens with zero attached hydrogens (tertiary/aromatic N) is 2. The zero-order valence-electron chi connectivity index (χ0n) is 8.56. The van der Waals surface area contributed by atoms with Gasteiger partial charge >= 0.3 is 6.01 Å². The van der Waals surface area contributed by atoms with Gasteiger partial charge in [-0.15, -0.1) is 11.3 Å². The Kier molecular flexibility index (Phi) is 2.86. The predicted molar refractivity (Wildman–Crippen MR) is 60.1 cm³/mol. The van der Waals surface area contributed by atoms with Crippen molar-refractivity contribution in [1.29, 1.82) is 0 Å². The van der Waals surface area contributed by atoms with E-state index in [4.69, 9.17) is 10.2 Å². The topological polar surface area (TPSA) is 94.0 Å². The number of anilines is 2. The Morgan fingerprint density at radius 1 is 1.62 bits per heavy atom. The van der Waals surface area contributed by atoms with Crippen molar-refractivity contribution < 1.29 is 9.21 Å². The molecule has 0 spiro atoms. The summed E-state index contributed by atoms with van der Waals surface area (Å²) in [6, 6.07) is 0.200. The number of hydrogen-bond donors (Lipinski definition) is 2. The number of hydrogen-bond acceptors (Lipinski definition) is 6. The number of aryl methyl sites for hydroxylation is 1. The third-order valence-corrected chi connectivity index (χ3v) is 2.50. The van der Waals surface area contributed by atoms with Gasteiger partial charge in [0.1, 0.15) is 6.26 Å². The molecule has 2 aromatic heterocycles. The predicted octanol–water partition coefficient (Wildman–Crippen LogP) is 1.20. The van der Waals surface area contributed by atoms with E-state index in [9.17, 15) is 4.79 Å². The van der Waals surface area contributed by atoms with E-state index in [0.717, 1.165) is 0 Å². The fourth-order valence-corrected chi connectivity index (χ4v) is 1.71. The second-order valence-corrected chi connectivity index (χ2v) is 4.09. The molecule has 0 aliphatic heterocycles. The molecule has 0 aliphatic carbocycles. The smallest absolute Gasteiger partial charge is 0.301 e. The minimum atomic E-state index is -0.229. The molecule has 2 heterocycles. The van der Waals surface area contributed by atoms with Crippen molar-refractivity contribution >= 4 is 28.4 Å². The van der Waals surface area contributed by atoms with Gasteiger partial charge in [-0.25, -0.2) is 4.98 Å².